The van der Waals surface area contributed by atoms with Crippen molar-refractivity contribution in [3.05, 3.63) is 48.4 Å². The molecule has 0 atom stereocenters. The highest BCUT2D eigenvalue weighted by Crippen LogP contribution is 2.37. The van der Waals surface area contributed by atoms with Crippen LogP contribution >= 0.6 is 0 Å². The Morgan fingerprint density at radius 3 is 2.70 bits per heavy atom. The average Bonchev–Trinajstić information content (AvgIpc) is 2.90. The van der Waals surface area contributed by atoms with Crippen LogP contribution in [-0.2, 0) is 13.5 Å². The van der Waals surface area contributed by atoms with Crippen LogP contribution < -0.4 is 4.74 Å². The quantitative estimate of drug-likeness (QED) is 0.724. The lowest BCUT2D eigenvalue weighted by Gasteiger charge is -2.11. The third-order valence-corrected chi connectivity index (χ3v) is 4.18. The fourth-order valence-corrected chi connectivity index (χ4v) is 3.07. The van der Waals surface area contributed by atoms with E-state index in [1.165, 1.54) is 22.0 Å². The maximum Gasteiger partial charge on any atom is 0.128 e. The molecule has 3 rings (SSSR count). The van der Waals surface area contributed by atoms with E-state index in [9.17, 15) is 0 Å². The SMILES string of the molecule is COc1ccc(-c2cccnc2)c2c1c(CCN(C)C)cn2C. The van der Waals surface area contributed by atoms with Crippen molar-refractivity contribution in [3.8, 4) is 16.9 Å². The van der Waals surface area contributed by atoms with Gasteiger partial charge in [-0.25, -0.2) is 0 Å². The van der Waals surface area contributed by atoms with Gasteiger partial charge in [-0.05, 0) is 44.3 Å². The van der Waals surface area contributed by atoms with E-state index in [2.05, 4.69) is 60.0 Å². The first kappa shape index (κ1) is 15.6. The van der Waals surface area contributed by atoms with Crippen LogP contribution in [0, 0.1) is 0 Å². The Hall–Kier alpha value is -2.33. The number of likely N-dealkylation sites (N-methyl/N-ethyl adjacent to an activating group) is 1. The Labute approximate surface area is 137 Å². The van der Waals surface area contributed by atoms with E-state index in [-0.39, 0.29) is 0 Å². The third-order valence-electron chi connectivity index (χ3n) is 4.18. The van der Waals surface area contributed by atoms with Crippen molar-refractivity contribution in [1.82, 2.24) is 14.5 Å². The van der Waals surface area contributed by atoms with Crippen LogP contribution in [0.5, 0.6) is 5.75 Å². The van der Waals surface area contributed by atoms with Gasteiger partial charge >= 0.3 is 0 Å². The van der Waals surface area contributed by atoms with E-state index < -0.39 is 0 Å². The van der Waals surface area contributed by atoms with E-state index in [1.807, 2.05) is 12.3 Å². The van der Waals surface area contributed by atoms with Gasteiger partial charge in [0.25, 0.3) is 0 Å². The highest BCUT2D eigenvalue weighted by Gasteiger charge is 2.16. The fraction of sp³-hybridized carbons (Fsp3) is 0.316. The second-order valence-electron chi connectivity index (χ2n) is 6.10. The second kappa shape index (κ2) is 6.42. The highest BCUT2D eigenvalue weighted by molar-refractivity contribution is 6.00. The van der Waals surface area contributed by atoms with Gasteiger partial charge in [-0.15, -0.1) is 0 Å². The summed E-state index contributed by atoms with van der Waals surface area (Å²) in [7, 11) is 8.04. The molecule has 0 radical (unpaired) electrons. The first-order chi connectivity index (χ1) is 11.1. The van der Waals surface area contributed by atoms with Gasteiger partial charge in [0.2, 0.25) is 0 Å². The molecular weight excluding hydrogens is 286 g/mol. The van der Waals surface area contributed by atoms with Crippen molar-refractivity contribution in [2.45, 2.75) is 6.42 Å². The lowest BCUT2D eigenvalue weighted by atomic mass is 10.0. The normalized spacial score (nSPS) is 11.3. The zero-order valence-corrected chi connectivity index (χ0v) is 14.2. The van der Waals surface area contributed by atoms with Gasteiger partial charge in [-0.2, -0.15) is 0 Å². The molecule has 0 saturated carbocycles. The number of ether oxygens (including phenoxy) is 1. The Balaban J connectivity index is 2.21. The van der Waals surface area contributed by atoms with Crippen molar-refractivity contribution in [1.29, 1.82) is 0 Å². The number of aryl methyl sites for hydroxylation is 1. The molecule has 2 heterocycles. The monoisotopic (exact) mass is 309 g/mol. The molecule has 0 saturated heterocycles. The molecule has 0 N–H and O–H groups in total. The van der Waals surface area contributed by atoms with Crippen molar-refractivity contribution in [3.63, 3.8) is 0 Å². The molecule has 0 aliphatic carbocycles. The van der Waals surface area contributed by atoms with Crippen molar-refractivity contribution in [2.24, 2.45) is 7.05 Å². The summed E-state index contributed by atoms with van der Waals surface area (Å²) in [4.78, 5) is 6.46. The maximum atomic E-state index is 5.64. The van der Waals surface area contributed by atoms with E-state index in [0.717, 1.165) is 24.3 Å². The molecule has 4 heteroatoms. The van der Waals surface area contributed by atoms with Crippen LogP contribution in [0.4, 0.5) is 0 Å². The maximum absolute atomic E-state index is 5.64. The molecule has 4 nitrogen and oxygen atoms in total. The van der Waals surface area contributed by atoms with Crippen molar-refractivity contribution >= 4 is 10.9 Å². The van der Waals surface area contributed by atoms with E-state index in [4.69, 9.17) is 4.74 Å². The van der Waals surface area contributed by atoms with Gasteiger partial charge < -0.3 is 14.2 Å². The zero-order valence-electron chi connectivity index (χ0n) is 14.2. The number of hydrogen-bond acceptors (Lipinski definition) is 3. The first-order valence-corrected chi connectivity index (χ1v) is 7.82. The molecule has 2 aromatic heterocycles. The molecule has 0 aliphatic rings. The van der Waals surface area contributed by atoms with Gasteiger partial charge in [0.15, 0.2) is 0 Å². The predicted octanol–water partition coefficient (Wildman–Crippen LogP) is 3.35. The van der Waals surface area contributed by atoms with Gasteiger partial charge in [-0.3, -0.25) is 4.98 Å². The molecule has 0 spiro atoms. The highest BCUT2D eigenvalue weighted by atomic mass is 16.5. The summed E-state index contributed by atoms with van der Waals surface area (Å²) >= 11 is 0. The molecule has 120 valence electrons. The van der Waals surface area contributed by atoms with Crippen molar-refractivity contribution < 1.29 is 4.74 Å². The van der Waals surface area contributed by atoms with Crippen LogP contribution in [0.1, 0.15) is 5.56 Å². The summed E-state index contributed by atoms with van der Waals surface area (Å²) < 4.78 is 7.84. The zero-order chi connectivity index (χ0) is 16.4. The Bertz CT molecular complexity index is 806. The van der Waals surface area contributed by atoms with Crippen LogP contribution in [0.3, 0.4) is 0 Å². The molecular formula is C19H23N3O. The number of aromatic nitrogens is 2. The molecule has 0 fully saturated rings. The van der Waals surface area contributed by atoms with Gasteiger partial charge in [0, 0.05) is 48.7 Å². The molecule has 23 heavy (non-hydrogen) atoms. The van der Waals surface area contributed by atoms with Gasteiger partial charge in [0.1, 0.15) is 5.75 Å². The second-order valence-corrected chi connectivity index (χ2v) is 6.10. The van der Waals surface area contributed by atoms with E-state index in [0.29, 0.717) is 0 Å². The summed E-state index contributed by atoms with van der Waals surface area (Å²) in [6, 6.07) is 8.25. The number of fused-ring (bicyclic) bond motifs is 1. The molecule has 0 aliphatic heterocycles. The largest absolute Gasteiger partial charge is 0.496 e. The van der Waals surface area contributed by atoms with Gasteiger partial charge in [0.05, 0.1) is 12.6 Å². The summed E-state index contributed by atoms with van der Waals surface area (Å²) in [5, 5.41) is 1.21. The van der Waals surface area contributed by atoms with Gasteiger partial charge in [-0.1, -0.05) is 6.07 Å². The lowest BCUT2D eigenvalue weighted by Crippen LogP contribution is -2.14. The van der Waals surface area contributed by atoms with Crippen LogP contribution in [0.15, 0.2) is 42.9 Å². The number of rotatable bonds is 5. The number of methoxy groups -OCH3 is 1. The number of hydrogen-bond donors (Lipinski definition) is 0. The van der Waals surface area contributed by atoms with E-state index in [1.54, 1.807) is 13.3 Å². The summed E-state index contributed by atoms with van der Waals surface area (Å²) in [6.07, 6.45) is 6.93. The van der Waals surface area contributed by atoms with Crippen LogP contribution in [0.25, 0.3) is 22.0 Å². The topological polar surface area (TPSA) is 30.3 Å². The van der Waals surface area contributed by atoms with E-state index >= 15 is 0 Å². The first-order valence-electron chi connectivity index (χ1n) is 7.82. The lowest BCUT2D eigenvalue weighted by molar-refractivity contribution is 0.411. The Morgan fingerprint density at radius 1 is 1.22 bits per heavy atom. The Morgan fingerprint density at radius 2 is 2.04 bits per heavy atom. The summed E-state index contributed by atoms with van der Waals surface area (Å²) in [5.41, 5.74) is 4.83. The van der Waals surface area contributed by atoms with Crippen molar-refractivity contribution in [2.75, 3.05) is 27.7 Å². The minimum absolute atomic E-state index is 0.932. The molecule has 0 bridgehead atoms. The number of nitrogens with zero attached hydrogens (tertiary/aromatic N) is 3. The smallest absolute Gasteiger partial charge is 0.128 e. The molecule has 0 amide bonds. The number of pyridine rings is 1. The molecule has 0 unspecified atom stereocenters. The number of benzene rings is 1. The average molecular weight is 309 g/mol. The third kappa shape index (κ3) is 2.94. The van der Waals surface area contributed by atoms with Crippen LogP contribution in [-0.4, -0.2) is 42.2 Å². The molecule has 3 aromatic rings. The Kier molecular flexibility index (Phi) is 4.35. The minimum atomic E-state index is 0.932. The summed E-state index contributed by atoms with van der Waals surface area (Å²) in [5.74, 6) is 0.932. The standard InChI is InChI=1S/C19H23N3O/c1-21(2)11-9-15-13-22(3)19-16(14-6-5-10-20-12-14)7-8-17(23-4)18(15)19/h5-8,10,12-13H,9,11H2,1-4H3. The fourth-order valence-electron chi connectivity index (χ4n) is 3.07. The van der Waals surface area contributed by atoms with Crippen LogP contribution in [0.2, 0.25) is 0 Å². The minimum Gasteiger partial charge on any atom is -0.496 e. The summed E-state index contributed by atoms with van der Waals surface area (Å²) in [6.45, 7) is 1.01. The predicted molar refractivity (Wildman–Crippen MR) is 95.0 cm³/mol. The molecule has 1 aromatic carbocycles.